The van der Waals surface area contributed by atoms with E-state index in [9.17, 15) is 8.42 Å². The Bertz CT molecular complexity index is 1020. The second-order valence-electron chi connectivity index (χ2n) is 7.77. The van der Waals surface area contributed by atoms with Gasteiger partial charge in [-0.3, -0.25) is 0 Å². The molecule has 0 aromatic heterocycles. The first-order chi connectivity index (χ1) is 13.1. The molecule has 0 bridgehead atoms. The van der Waals surface area contributed by atoms with Crippen LogP contribution in [0.4, 0.5) is 0 Å². The predicted molar refractivity (Wildman–Crippen MR) is 122 cm³/mol. The van der Waals surface area contributed by atoms with Gasteiger partial charge >= 0.3 is 0 Å². The van der Waals surface area contributed by atoms with E-state index in [0.717, 1.165) is 27.4 Å². The van der Waals surface area contributed by atoms with Gasteiger partial charge in [0.1, 0.15) is 0 Å². The zero-order valence-corrected chi connectivity index (χ0v) is 20.8. The average molecular weight is 594 g/mol. The summed E-state index contributed by atoms with van der Waals surface area (Å²) in [5.74, 6) is 0.128. The molecule has 3 aliphatic carbocycles. The highest BCUT2D eigenvalue weighted by molar-refractivity contribution is 9.15. The Balaban J connectivity index is 1.76. The van der Waals surface area contributed by atoms with Gasteiger partial charge in [0.05, 0.1) is 9.38 Å². The number of halogens is 3. The Labute approximate surface area is 190 Å². The van der Waals surface area contributed by atoms with Crippen LogP contribution in [0.1, 0.15) is 31.2 Å². The van der Waals surface area contributed by atoms with Crippen molar-refractivity contribution in [3.05, 3.63) is 56.5 Å². The molecular formula is C20H20Br3NO3S. The van der Waals surface area contributed by atoms with Crippen molar-refractivity contribution in [1.82, 2.24) is 0 Å². The largest absolute Gasteiger partial charge is 0.358 e. The molecule has 150 valence electrons. The number of benzene rings is 1. The molecule has 1 aromatic carbocycles. The van der Waals surface area contributed by atoms with E-state index in [0.29, 0.717) is 5.41 Å². The molecule has 28 heavy (non-hydrogen) atoms. The summed E-state index contributed by atoms with van der Waals surface area (Å²) in [6.07, 6.45) is 8.78. The van der Waals surface area contributed by atoms with Gasteiger partial charge in [-0.25, -0.2) is 13.6 Å². The summed E-state index contributed by atoms with van der Waals surface area (Å²) in [5.41, 5.74) is 4.14. The first-order valence-corrected chi connectivity index (χ1v) is 12.9. The predicted octanol–water partition coefficient (Wildman–Crippen LogP) is 5.59. The first kappa shape index (κ1) is 21.0. The molecule has 0 radical (unpaired) electrons. The van der Waals surface area contributed by atoms with Crippen molar-refractivity contribution in [2.45, 2.75) is 35.1 Å². The second kappa shape index (κ2) is 7.17. The molecule has 8 heteroatoms. The summed E-state index contributed by atoms with van der Waals surface area (Å²) >= 11 is 11.1. The van der Waals surface area contributed by atoms with E-state index in [1.54, 1.807) is 19.2 Å². The molecule has 1 aromatic rings. The molecular weight excluding hydrogens is 574 g/mol. The summed E-state index contributed by atoms with van der Waals surface area (Å²) in [6.45, 7) is 0. The zero-order valence-electron chi connectivity index (χ0n) is 15.2. The summed E-state index contributed by atoms with van der Waals surface area (Å²) in [5, 5.41) is 5.25. The SMILES string of the molecule is COC1(Br)C=CC(C2=C(c3ccc(S(N)(=O)=O)cc3)CC3(CC3)C2)C(Br)=C1Br. The smallest absolute Gasteiger partial charge is 0.238 e. The van der Waals surface area contributed by atoms with Crippen LogP contribution in [-0.2, 0) is 14.8 Å². The van der Waals surface area contributed by atoms with Gasteiger partial charge in [-0.1, -0.05) is 55.6 Å². The minimum Gasteiger partial charge on any atom is -0.358 e. The van der Waals surface area contributed by atoms with Gasteiger partial charge in [0.2, 0.25) is 10.0 Å². The standard InChI is InChI=1S/C20H20Br3NO3S/c1-27-20(23)7-6-14(17(21)18(20)22)16-11-19(8-9-19)10-15(16)12-2-4-13(5-3-12)28(24,25)26/h2-7,14H,8-11H2,1H3,(H2,24,25,26). The molecule has 1 saturated carbocycles. The molecule has 1 spiro atoms. The van der Waals surface area contributed by atoms with Crippen molar-refractivity contribution >= 4 is 63.4 Å². The van der Waals surface area contributed by atoms with Crippen LogP contribution in [0.2, 0.25) is 0 Å². The third kappa shape index (κ3) is 3.65. The van der Waals surface area contributed by atoms with Crippen molar-refractivity contribution in [2.75, 3.05) is 7.11 Å². The molecule has 3 aliphatic rings. The first-order valence-electron chi connectivity index (χ1n) is 8.93. The summed E-state index contributed by atoms with van der Waals surface area (Å²) in [4.78, 5) is 0.142. The number of allylic oxidation sites excluding steroid dienone is 4. The minimum atomic E-state index is -3.69. The van der Waals surface area contributed by atoms with Gasteiger partial charge in [0, 0.05) is 17.5 Å². The van der Waals surface area contributed by atoms with E-state index in [2.05, 4.69) is 53.9 Å². The Kier molecular flexibility index (Phi) is 5.37. The van der Waals surface area contributed by atoms with Crippen LogP contribution in [0.3, 0.4) is 0 Å². The maximum absolute atomic E-state index is 11.6. The Morgan fingerprint density at radius 2 is 1.79 bits per heavy atom. The van der Waals surface area contributed by atoms with Crippen molar-refractivity contribution < 1.29 is 13.2 Å². The number of hydrogen-bond donors (Lipinski definition) is 1. The third-order valence-corrected chi connectivity index (χ3v) is 10.8. The van der Waals surface area contributed by atoms with Crippen molar-refractivity contribution in [1.29, 1.82) is 0 Å². The van der Waals surface area contributed by atoms with Gasteiger partial charge < -0.3 is 4.74 Å². The quantitative estimate of drug-likeness (QED) is 0.366. The lowest BCUT2D eigenvalue weighted by Crippen LogP contribution is -2.26. The molecule has 0 heterocycles. The van der Waals surface area contributed by atoms with Gasteiger partial charge in [0.25, 0.3) is 0 Å². The molecule has 2 atom stereocenters. The number of alkyl halides is 1. The Morgan fingerprint density at radius 1 is 1.14 bits per heavy atom. The maximum Gasteiger partial charge on any atom is 0.238 e. The van der Waals surface area contributed by atoms with Crippen LogP contribution in [0.25, 0.3) is 5.57 Å². The molecule has 2 unspecified atom stereocenters. The monoisotopic (exact) mass is 591 g/mol. The number of nitrogens with two attached hydrogens (primary N) is 1. The van der Waals surface area contributed by atoms with Crippen LogP contribution in [0.5, 0.6) is 0 Å². The summed E-state index contributed by atoms with van der Waals surface area (Å²) < 4.78 is 30.1. The lowest BCUT2D eigenvalue weighted by molar-refractivity contribution is 0.151. The van der Waals surface area contributed by atoms with Crippen molar-refractivity contribution in [3.8, 4) is 0 Å². The fourth-order valence-corrected chi connectivity index (χ4v) is 6.54. The maximum atomic E-state index is 11.6. The van der Waals surface area contributed by atoms with Crippen LogP contribution in [0.15, 0.2) is 55.9 Å². The number of sulfonamides is 1. The van der Waals surface area contributed by atoms with Crippen molar-refractivity contribution in [3.63, 3.8) is 0 Å². The van der Waals surface area contributed by atoms with Gasteiger partial charge in [-0.15, -0.1) is 0 Å². The second-order valence-corrected chi connectivity index (χ2v) is 12.2. The van der Waals surface area contributed by atoms with E-state index in [4.69, 9.17) is 9.88 Å². The average Bonchev–Trinajstić information content (AvgIpc) is 3.31. The van der Waals surface area contributed by atoms with Crippen LogP contribution in [-0.4, -0.2) is 20.0 Å². The molecule has 1 fully saturated rings. The molecule has 2 N–H and O–H groups in total. The van der Waals surface area contributed by atoms with Gasteiger partial charge in [-0.2, -0.15) is 0 Å². The third-order valence-electron chi connectivity index (χ3n) is 5.95. The molecule has 0 amide bonds. The fraction of sp³-hybridized carbons (Fsp3) is 0.400. The van der Waals surface area contributed by atoms with E-state index in [1.165, 1.54) is 24.0 Å². The van der Waals surface area contributed by atoms with Crippen LogP contribution in [0, 0.1) is 11.3 Å². The highest BCUT2D eigenvalue weighted by Crippen LogP contribution is 2.64. The lowest BCUT2D eigenvalue weighted by Gasteiger charge is -2.31. The zero-order chi connectivity index (χ0) is 20.3. The number of methoxy groups -OCH3 is 1. The fourth-order valence-electron chi connectivity index (χ4n) is 4.13. The number of ether oxygens (including phenoxy) is 1. The van der Waals surface area contributed by atoms with Gasteiger partial charge in [-0.05, 0) is 76.4 Å². The normalized spacial score (nSPS) is 29.1. The molecule has 0 saturated heterocycles. The summed E-state index contributed by atoms with van der Waals surface area (Å²) in [7, 11) is -2.03. The van der Waals surface area contributed by atoms with E-state index >= 15 is 0 Å². The molecule has 4 nitrogen and oxygen atoms in total. The van der Waals surface area contributed by atoms with Crippen molar-refractivity contribution in [2.24, 2.45) is 16.5 Å². The Hall–Kier alpha value is -0.250. The number of rotatable bonds is 4. The van der Waals surface area contributed by atoms with Crippen LogP contribution < -0.4 is 5.14 Å². The molecule has 4 rings (SSSR count). The molecule has 0 aliphatic heterocycles. The minimum absolute atomic E-state index is 0.128. The Morgan fingerprint density at radius 3 is 2.32 bits per heavy atom. The van der Waals surface area contributed by atoms with Gasteiger partial charge in [0.15, 0.2) is 4.51 Å². The number of primary sulfonamides is 1. The van der Waals surface area contributed by atoms with Crippen LogP contribution >= 0.6 is 47.8 Å². The van der Waals surface area contributed by atoms with E-state index in [-0.39, 0.29) is 10.8 Å². The lowest BCUT2D eigenvalue weighted by atomic mass is 9.88. The highest BCUT2D eigenvalue weighted by atomic mass is 79.9. The highest BCUT2D eigenvalue weighted by Gasteiger charge is 2.50. The summed E-state index contributed by atoms with van der Waals surface area (Å²) in [6, 6.07) is 6.94. The number of hydrogen-bond acceptors (Lipinski definition) is 3. The van der Waals surface area contributed by atoms with E-state index in [1.807, 2.05) is 18.2 Å². The topological polar surface area (TPSA) is 69.4 Å². The van der Waals surface area contributed by atoms with E-state index < -0.39 is 14.5 Å².